The number of ether oxygens (including phenoxy) is 2. The summed E-state index contributed by atoms with van der Waals surface area (Å²) in [6.07, 6.45) is -3.17. The van der Waals surface area contributed by atoms with Crippen LogP contribution in [0.15, 0.2) is 73.3 Å². The molecule has 1 aliphatic heterocycles. The van der Waals surface area contributed by atoms with Gasteiger partial charge in [-0.1, -0.05) is 47.5 Å². The van der Waals surface area contributed by atoms with E-state index < -0.39 is 46.7 Å². The molecule has 0 atom stereocenters. The second-order valence-corrected chi connectivity index (χ2v) is 13.0. The number of amides is 1. The van der Waals surface area contributed by atoms with Gasteiger partial charge in [0.1, 0.15) is 5.56 Å². The smallest absolute Gasteiger partial charge is 0.434 e. The fourth-order valence-electron chi connectivity index (χ4n) is 5.79. The van der Waals surface area contributed by atoms with Crippen molar-refractivity contribution in [2.75, 3.05) is 26.4 Å². The standard InChI is InChI=1S/C20H18ClF3N4O2.C16H11ClF3N3O2/c21-14-3-1-2-13(8-14)16-10-26-19-27-17(20(22,23)24)15(11-28(16)19)18(29)25-9-12-4-6-30-7-5-12;1-2-25-14(24)11-8-23-12(9-4-3-5-10(17)6-9)7-21-15(23)22-13(11)16(18,19)20/h1-3,8,10-12H,4-7,9H2,(H,25,29);3-8H,2H2,1H3. The zero-order valence-corrected chi connectivity index (χ0v) is 30.1. The van der Waals surface area contributed by atoms with Crippen molar-refractivity contribution in [2.45, 2.75) is 32.1 Å². The molecule has 55 heavy (non-hydrogen) atoms. The Kier molecular flexibility index (Phi) is 11.6. The molecule has 0 radical (unpaired) electrons. The third kappa shape index (κ3) is 9.01. The average molecular weight is 809 g/mol. The molecule has 1 saturated heterocycles. The lowest BCUT2D eigenvalue weighted by molar-refractivity contribution is -0.142. The van der Waals surface area contributed by atoms with Gasteiger partial charge < -0.3 is 14.8 Å². The van der Waals surface area contributed by atoms with Gasteiger partial charge >= 0.3 is 18.3 Å². The summed E-state index contributed by atoms with van der Waals surface area (Å²) < 4.78 is 93.2. The number of carbonyl (C=O) groups is 2. The van der Waals surface area contributed by atoms with Crippen LogP contribution in [0.1, 0.15) is 51.9 Å². The van der Waals surface area contributed by atoms with E-state index in [2.05, 4.69) is 25.3 Å². The van der Waals surface area contributed by atoms with E-state index in [1.54, 1.807) is 48.5 Å². The van der Waals surface area contributed by atoms with Crippen LogP contribution in [-0.4, -0.2) is 67.0 Å². The summed E-state index contributed by atoms with van der Waals surface area (Å²) in [7, 11) is 0. The highest BCUT2D eigenvalue weighted by Crippen LogP contribution is 2.34. The zero-order chi connectivity index (χ0) is 39.5. The number of carbonyl (C=O) groups excluding carboxylic acids is 2. The van der Waals surface area contributed by atoms with Gasteiger partial charge in [-0.05, 0) is 49.9 Å². The molecule has 7 rings (SSSR count). The summed E-state index contributed by atoms with van der Waals surface area (Å²) in [6.45, 7) is 2.90. The molecule has 0 saturated carbocycles. The SMILES string of the molecule is CCOC(=O)c1cn2c(-c3cccc(Cl)c3)cnc2nc1C(F)(F)F.O=C(NCC1CCOCC1)c1cn2c(-c3cccc(Cl)c3)cnc2nc1C(F)(F)F. The molecule has 4 aromatic heterocycles. The fraction of sp³-hybridized carbons (Fsp3) is 0.278. The number of rotatable bonds is 7. The molecule has 1 N–H and O–H groups in total. The summed E-state index contributed by atoms with van der Waals surface area (Å²) >= 11 is 12.0. The molecule has 1 fully saturated rings. The van der Waals surface area contributed by atoms with Crippen LogP contribution in [0.5, 0.6) is 0 Å². The van der Waals surface area contributed by atoms with Crippen LogP contribution >= 0.6 is 23.2 Å². The summed E-state index contributed by atoms with van der Waals surface area (Å²) in [6, 6.07) is 13.5. The molecule has 0 spiro atoms. The van der Waals surface area contributed by atoms with Gasteiger partial charge in [-0.3, -0.25) is 13.6 Å². The molecular weight excluding hydrogens is 779 g/mol. The summed E-state index contributed by atoms with van der Waals surface area (Å²) in [5.41, 5.74) is -1.63. The quantitative estimate of drug-likeness (QED) is 0.126. The third-order valence-corrected chi connectivity index (χ3v) is 8.88. The molecule has 288 valence electrons. The maximum atomic E-state index is 13.6. The zero-order valence-electron chi connectivity index (χ0n) is 28.6. The lowest BCUT2D eigenvalue weighted by atomic mass is 10.0. The van der Waals surface area contributed by atoms with Gasteiger partial charge in [0.15, 0.2) is 11.4 Å². The highest BCUT2D eigenvalue weighted by atomic mass is 35.5. The largest absolute Gasteiger partial charge is 0.462 e. The Labute approximate surface area is 318 Å². The van der Waals surface area contributed by atoms with Crippen molar-refractivity contribution in [2.24, 2.45) is 5.92 Å². The second-order valence-electron chi connectivity index (χ2n) is 12.1. The molecule has 19 heteroatoms. The normalized spacial score (nSPS) is 13.8. The number of esters is 1. The highest BCUT2D eigenvalue weighted by molar-refractivity contribution is 6.31. The van der Waals surface area contributed by atoms with E-state index in [9.17, 15) is 35.9 Å². The number of halogens is 8. The average Bonchev–Trinajstić information content (AvgIpc) is 3.77. The molecule has 6 aromatic rings. The first-order chi connectivity index (χ1) is 26.1. The van der Waals surface area contributed by atoms with Gasteiger partial charge in [0.25, 0.3) is 5.91 Å². The molecule has 2 aromatic carbocycles. The summed E-state index contributed by atoms with van der Waals surface area (Å²) in [5, 5.41) is 3.54. The van der Waals surface area contributed by atoms with Crippen LogP contribution in [0.4, 0.5) is 26.3 Å². The van der Waals surface area contributed by atoms with Crippen LogP contribution in [-0.2, 0) is 21.8 Å². The van der Waals surface area contributed by atoms with Gasteiger partial charge in [0.05, 0.1) is 36.0 Å². The van der Waals surface area contributed by atoms with Crippen molar-refractivity contribution in [3.8, 4) is 22.5 Å². The van der Waals surface area contributed by atoms with E-state index in [1.807, 2.05) is 0 Å². The van der Waals surface area contributed by atoms with Crippen LogP contribution in [0.25, 0.3) is 34.1 Å². The molecule has 11 nitrogen and oxygen atoms in total. The maximum Gasteiger partial charge on any atom is 0.434 e. The van der Waals surface area contributed by atoms with Crippen molar-refractivity contribution in [1.29, 1.82) is 0 Å². The van der Waals surface area contributed by atoms with Crippen molar-refractivity contribution in [3.63, 3.8) is 0 Å². The predicted molar refractivity (Wildman–Crippen MR) is 189 cm³/mol. The number of imidazole rings is 2. The number of alkyl halides is 6. The number of aromatic nitrogens is 6. The number of hydrogen-bond donors (Lipinski definition) is 1. The third-order valence-electron chi connectivity index (χ3n) is 8.41. The van der Waals surface area contributed by atoms with Gasteiger partial charge in [-0.2, -0.15) is 26.3 Å². The minimum Gasteiger partial charge on any atom is -0.462 e. The Morgan fingerprint density at radius 3 is 1.78 bits per heavy atom. The van der Waals surface area contributed by atoms with E-state index in [-0.39, 0.29) is 30.6 Å². The van der Waals surface area contributed by atoms with Gasteiger partial charge in [-0.25, -0.2) is 24.7 Å². The van der Waals surface area contributed by atoms with Crippen LogP contribution in [0.3, 0.4) is 0 Å². The maximum absolute atomic E-state index is 13.6. The van der Waals surface area contributed by atoms with Gasteiger partial charge in [0, 0.05) is 53.3 Å². The van der Waals surface area contributed by atoms with Crippen molar-refractivity contribution in [3.05, 3.63) is 106 Å². The minimum absolute atomic E-state index is 0.0563. The van der Waals surface area contributed by atoms with E-state index in [0.717, 1.165) is 25.2 Å². The van der Waals surface area contributed by atoms with Gasteiger partial charge in [-0.15, -0.1) is 0 Å². The Morgan fingerprint density at radius 2 is 1.31 bits per heavy atom. The van der Waals surface area contributed by atoms with Crippen LogP contribution in [0.2, 0.25) is 10.0 Å². The molecule has 0 aliphatic carbocycles. The van der Waals surface area contributed by atoms with E-state index >= 15 is 0 Å². The predicted octanol–water partition coefficient (Wildman–Crippen LogP) is 8.47. The number of nitrogens with zero attached hydrogens (tertiary/aromatic N) is 6. The number of fused-ring (bicyclic) bond motifs is 2. The fourth-order valence-corrected chi connectivity index (χ4v) is 6.17. The van der Waals surface area contributed by atoms with Crippen LogP contribution in [0, 0.1) is 5.92 Å². The molecule has 1 aliphatic rings. The lowest BCUT2D eigenvalue weighted by Gasteiger charge is -2.22. The number of benzene rings is 2. The molecule has 0 unspecified atom stereocenters. The lowest BCUT2D eigenvalue weighted by Crippen LogP contribution is -2.33. The first kappa shape index (κ1) is 39.4. The molecular formula is C36H29Cl2F6N7O4. The van der Waals surface area contributed by atoms with Crippen molar-refractivity contribution in [1.82, 2.24) is 34.1 Å². The second kappa shape index (κ2) is 16.2. The summed E-state index contributed by atoms with van der Waals surface area (Å²) in [4.78, 5) is 39.7. The molecule has 1 amide bonds. The topological polar surface area (TPSA) is 125 Å². The Bertz CT molecular complexity index is 2360. The molecule has 0 bridgehead atoms. The Hall–Kier alpha value is -5.26. The Balaban J connectivity index is 0.000000190. The van der Waals surface area contributed by atoms with Crippen molar-refractivity contribution >= 4 is 46.6 Å². The van der Waals surface area contributed by atoms with E-state index in [4.69, 9.17) is 32.7 Å². The van der Waals surface area contributed by atoms with Crippen LogP contribution < -0.4 is 5.32 Å². The molecule has 5 heterocycles. The number of nitrogens with one attached hydrogen (secondary N) is 1. The monoisotopic (exact) mass is 807 g/mol. The first-order valence-electron chi connectivity index (χ1n) is 16.6. The van der Waals surface area contributed by atoms with Gasteiger partial charge in [0.2, 0.25) is 11.6 Å². The van der Waals surface area contributed by atoms with E-state index in [0.29, 0.717) is 45.8 Å². The number of hydrogen-bond acceptors (Lipinski definition) is 8. The minimum atomic E-state index is -4.81. The highest BCUT2D eigenvalue weighted by Gasteiger charge is 2.40. The Morgan fingerprint density at radius 1 is 0.818 bits per heavy atom. The first-order valence-corrected chi connectivity index (χ1v) is 17.3. The van der Waals surface area contributed by atoms with Crippen molar-refractivity contribution < 1.29 is 45.4 Å². The van der Waals surface area contributed by atoms with E-state index in [1.165, 1.54) is 28.1 Å². The summed E-state index contributed by atoms with van der Waals surface area (Å²) in [5.74, 6) is -2.10.